The maximum absolute atomic E-state index is 4.23. The lowest BCUT2D eigenvalue weighted by atomic mass is 10.1. The van der Waals surface area contributed by atoms with Crippen LogP contribution < -0.4 is 5.32 Å². The van der Waals surface area contributed by atoms with Crippen molar-refractivity contribution in [1.29, 1.82) is 0 Å². The van der Waals surface area contributed by atoms with Gasteiger partial charge in [0.2, 0.25) is 0 Å². The number of aromatic nitrogens is 1. The van der Waals surface area contributed by atoms with Crippen molar-refractivity contribution >= 4 is 21.6 Å². The Morgan fingerprint density at radius 2 is 2.21 bits per heavy atom. The lowest BCUT2D eigenvalue weighted by Crippen LogP contribution is -2.05. The second kappa shape index (κ2) is 5.35. The minimum absolute atomic E-state index is 0.735. The van der Waals surface area contributed by atoms with Gasteiger partial charge in [0.25, 0.3) is 0 Å². The van der Waals surface area contributed by atoms with Crippen LogP contribution >= 0.6 is 15.9 Å². The van der Waals surface area contributed by atoms with Crippen molar-refractivity contribution in [3.05, 3.63) is 22.4 Å². The van der Waals surface area contributed by atoms with Crippen LogP contribution in [-0.2, 0) is 0 Å². The highest BCUT2D eigenvalue weighted by Gasteiger charge is 2.00. The van der Waals surface area contributed by atoms with Gasteiger partial charge in [-0.25, -0.2) is 4.98 Å². The van der Waals surface area contributed by atoms with Crippen LogP contribution in [0.25, 0.3) is 0 Å². The van der Waals surface area contributed by atoms with Crippen molar-refractivity contribution in [2.75, 3.05) is 11.9 Å². The molecule has 1 rings (SSSR count). The van der Waals surface area contributed by atoms with Crippen LogP contribution in [0.3, 0.4) is 0 Å². The molecule has 0 unspecified atom stereocenters. The van der Waals surface area contributed by atoms with Crippen LogP contribution in [-0.4, -0.2) is 11.5 Å². The fraction of sp³-hybridized carbons (Fsp3) is 0.545. The Morgan fingerprint density at radius 3 is 2.86 bits per heavy atom. The van der Waals surface area contributed by atoms with E-state index in [-0.39, 0.29) is 0 Å². The summed E-state index contributed by atoms with van der Waals surface area (Å²) in [5.74, 6) is 0.735. The molecule has 1 aromatic heterocycles. The fourth-order valence-electron chi connectivity index (χ4n) is 1.17. The molecule has 78 valence electrons. The molecule has 1 N–H and O–H groups in total. The van der Waals surface area contributed by atoms with Gasteiger partial charge in [0.15, 0.2) is 0 Å². The molecule has 2 nitrogen and oxygen atoms in total. The molecular weight excluding hydrogens is 240 g/mol. The number of hydrogen-bond acceptors (Lipinski definition) is 2. The van der Waals surface area contributed by atoms with E-state index in [4.69, 9.17) is 0 Å². The fourth-order valence-corrected chi connectivity index (χ4v) is 1.53. The molecule has 0 bridgehead atoms. The summed E-state index contributed by atoms with van der Waals surface area (Å²) >= 11 is 3.42. The molecule has 0 fully saturated rings. The van der Waals surface area contributed by atoms with Crippen molar-refractivity contribution in [3.63, 3.8) is 0 Å². The molecule has 0 aromatic carbocycles. The van der Waals surface area contributed by atoms with Crippen LogP contribution in [0.5, 0.6) is 0 Å². The monoisotopic (exact) mass is 256 g/mol. The molecule has 1 heterocycles. The van der Waals surface area contributed by atoms with Crippen LogP contribution in [0.1, 0.15) is 25.8 Å². The quantitative estimate of drug-likeness (QED) is 0.833. The Hall–Kier alpha value is -0.570. The van der Waals surface area contributed by atoms with Gasteiger partial charge in [-0.3, -0.25) is 0 Å². The number of nitrogens with zero attached hydrogens (tertiary/aromatic N) is 1. The van der Waals surface area contributed by atoms with Crippen molar-refractivity contribution in [1.82, 2.24) is 4.98 Å². The molecule has 0 atom stereocenters. The average Bonchev–Trinajstić information content (AvgIpc) is 2.10. The van der Waals surface area contributed by atoms with E-state index in [0.717, 1.165) is 22.8 Å². The summed E-state index contributed by atoms with van der Waals surface area (Å²) in [7, 11) is 0. The predicted molar refractivity (Wildman–Crippen MR) is 64.6 cm³/mol. The summed E-state index contributed by atoms with van der Waals surface area (Å²) in [6.07, 6.45) is 3.04. The summed E-state index contributed by atoms with van der Waals surface area (Å²) in [5.41, 5.74) is 2.27. The number of halogens is 1. The Labute approximate surface area is 94.3 Å². The zero-order valence-corrected chi connectivity index (χ0v) is 10.6. The molecule has 0 amide bonds. The van der Waals surface area contributed by atoms with Crippen molar-refractivity contribution in [3.8, 4) is 0 Å². The lowest BCUT2D eigenvalue weighted by Gasteiger charge is -2.09. The third-order valence-electron chi connectivity index (χ3n) is 2.01. The van der Waals surface area contributed by atoms with Gasteiger partial charge in [-0.1, -0.05) is 13.8 Å². The minimum atomic E-state index is 0.735. The largest absolute Gasteiger partial charge is 0.383 e. The maximum atomic E-state index is 4.23. The van der Waals surface area contributed by atoms with E-state index < -0.39 is 0 Å². The number of anilines is 1. The number of rotatable bonds is 4. The average molecular weight is 257 g/mol. The first-order valence-electron chi connectivity index (χ1n) is 4.95. The predicted octanol–water partition coefficient (Wildman–Crippen LogP) is 3.61. The van der Waals surface area contributed by atoms with E-state index in [2.05, 4.69) is 46.1 Å². The Balaban J connectivity index is 2.53. The van der Waals surface area contributed by atoms with E-state index in [9.17, 15) is 0 Å². The summed E-state index contributed by atoms with van der Waals surface area (Å²) in [4.78, 5) is 4.23. The first-order chi connectivity index (χ1) is 6.59. The van der Waals surface area contributed by atoms with Crippen molar-refractivity contribution < 1.29 is 0 Å². The molecule has 0 saturated carbocycles. The van der Waals surface area contributed by atoms with Gasteiger partial charge < -0.3 is 5.32 Å². The summed E-state index contributed by atoms with van der Waals surface area (Å²) in [5, 5.41) is 3.38. The van der Waals surface area contributed by atoms with Gasteiger partial charge in [-0.05, 0) is 46.8 Å². The van der Waals surface area contributed by atoms with Gasteiger partial charge in [-0.2, -0.15) is 0 Å². The van der Waals surface area contributed by atoms with Gasteiger partial charge in [0.05, 0.1) is 5.69 Å². The Morgan fingerprint density at radius 1 is 1.50 bits per heavy atom. The van der Waals surface area contributed by atoms with Crippen molar-refractivity contribution in [2.24, 2.45) is 5.92 Å². The van der Waals surface area contributed by atoms with Crippen LogP contribution in [0, 0.1) is 12.8 Å². The van der Waals surface area contributed by atoms with Crippen LogP contribution in [0.4, 0.5) is 5.69 Å². The molecule has 0 aliphatic rings. The minimum Gasteiger partial charge on any atom is -0.383 e. The third-order valence-corrected chi connectivity index (χ3v) is 2.64. The van der Waals surface area contributed by atoms with E-state index in [1.807, 2.05) is 13.1 Å². The van der Waals surface area contributed by atoms with Gasteiger partial charge in [0.1, 0.15) is 4.60 Å². The van der Waals surface area contributed by atoms with E-state index in [1.54, 1.807) is 0 Å². The first-order valence-corrected chi connectivity index (χ1v) is 5.75. The molecule has 0 radical (unpaired) electrons. The SMILES string of the molecule is Cc1cnc(Br)c(NCCC(C)C)c1. The second-order valence-electron chi connectivity index (χ2n) is 3.96. The normalized spacial score (nSPS) is 10.6. The highest BCUT2D eigenvalue weighted by atomic mass is 79.9. The van der Waals surface area contributed by atoms with E-state index in [1.165, 1.54) is 12.0 Å². The number of hydrogen-bond donors (Lipinski definition) is 1. The molecule has 0 aliphatic carbocycles. The summed E-state index contributed by atoms with van der Waals surface area (Å²) in [6, 6.07) is 2.11. The smallest absolute Gasteiger partial charge is 0.129 e. The standard InChI is InChI=1S/C11H17BrN2/c1-8(2)4-5-13-10-6-9(3)7-14-11(10)12/h6-8,13H,4-5H2,1-3H3. The van der Waals surface area contributed by atoms with Crippen molar-refractivity contribution in [2.45, 2.75) is 27.2 Å². The van der Waals surface area contributed by atoms with E-state index in [0.29, 0.717) is 0 Å². The lowest BCUT2D eigenvalue weighted by molar-refractivity contribution is 0.607. The number of pyridine rings is 1. The summed E-state index contributed by atoms with van der Waals surface area (Å²) in [6.45, 7) is 7.50. The molecule has 1 aromatic rings. The molecule has 0 spiro atoms. The highest BCUT2D eigenvalue weighted by Crippen LogP contribution is 2.20. The Bertz CT molecular complexity index is 297. The Kier molecular flexibility index (Phi) is 4.39. The molecule has 14 heavy (non-hydrogen) atoms. The third kappa shape index (κ3) is 3.66. The molecule has 3 heteroatoms. The molecular formula is C11H17BrN2. The van der Waals surface area contributed by atoms with Gasteiger partial charge >= 0.3 is 0 Å². The van der Waals surface area contributed by atoms with Crippen LogP contribution in [0.15, 0.2) is 16.9 Å². The topological polar surface area (TPSA) is 24.9 Å². The number of nitrogens with one attached hydrogen (secondary N) is 1. The molecule has 0 saturated heterocycles. The van der Waals surface area contributed by atoms with Gasteiger partial charge in [-0.15, -0.1) is 0 Å². The van der Waals surface area contributed by atoms with Crippen LogP contribution in [0.2, 0.25) is 0 Å². The zero-order valence-electron chi connectivity index (χ0n) is 8.97. The second-order valence-corrected chi connectivity index (χ2v) is 4.71. The summed E-state index contributed by atoms with van der Waals surface area (Å²) < 4.78 is 0.895. The maximum Gasteiger partial charge on any atom is 0.129 e. The highest BCUT2D eigenvalue weighted by molar-refractivity contribution is 9.10. The zero-order chi connectivity index (χ0) is 10.6. The first kappa shape index (κ1) is 11.5. The molecule has 0 aliphatic heterocycles. The van der Waals surface area contributed by atoms with E-state index >= 15 is 0 Å². The van der Waals surface area contributed by atoms with Gasteiger partial charge in [0, 0.05) is 12.7 Å². The number of aryl methyl sites for hydroxylation is 1.